The van der Waals surface area contributed by atoms with Gasteiger partial charge < -0.3 is 13.6 Å². The fraction of sp³-hybridized carbons (Fsp3) is 0. The number of nitrogens with zero attached hydrogens (tertiary/aromatic N) is 2. The fourth-order valence-electron chi connectivity index (χ4n) is 7.66. The second kappa shape index (κ2) is 10.1. The molecular weight excluding hydrogens is 572 g/mol. The Morgan fingerprint density at radius 2 is 0.894 bits per heavy atom. The molecule has 0 radical (unpaired) electrons. The highest BCUT2D eigenvalue weighted by molar-refractivity contribution is 6.28. The molecule has 3 heteroatoms. The van der Waals surface area contributed by atoms with Crippen molar-refractivity contribution in [1.29, 1.82) is 0 Å². The van der Waals surface area contributed by atoms with Gasteiger partial charge in [0.1, 0.15) is 6.26 Å². The van der Waals surface area contributed by atoms with Crippen LogP contribution in [0.1, 0.15) is 0 Å². The summed E-state index contributed by atoms with van der Waals surface area (Å²) in [5.74, 6) is 0. The lowest BCUT2D eigenvalue weighted by molar-refractivity contribution is 0.593. The molecule has 47 heavy (non-hydrogen) atoms. The van der Waals surface area contributed by atoms with Crippen LogP contribution in [0.5, 0.6) is 0 Å². The standard InChI is InChI=1S/C44H28N2O/c1-2-13-29(14-3-1)45-25-26-47-43-28-38-31-16-5-4-15-30(31)36-21-12-24-41(44(36)35-20-7-6-17-32(35)37(38)27-42(43)45)46-39-22-10-8-18-33(39)34-19-9-11-23-40(34)46/h1-28H. The zero-order valence-corrected chi connectivity index (χ0v) is 25.5. The van der Waals surface area contributed by atoms with Crippen molar-refractivity contribution < 1.29 is 4.42 Å². The van der Waals surface area contributed by atoms with Crippen molar-refractivity contribution in [2.75, 3.05) is 0 Å². The summed E-state index contributed by atoms with van der Waals surface area (Å²) >= 11 is 0. The average molecular weight is 601 g/mol. The van der Waals surface area contributed by atoms with E-state index in [0.717, 1.165) is 22.2 Å². The van der Waals surface area contributed by atoms with E-state index in [1.165, 1.54) is 65.2 Å². The summed E-state index contributed by atoms with van der Waals surface area (Å²) < 4.78 is 10.9. The zero-order chi connectivity index (χ0) is 30.9. The normalized spacial score (nSPS) is 11.8. The minimum atomic E-state index is 0.835. The SMILES string of the molecule is c1ccc(-n2ccoc3cc4c5ccccc5c5cccc(-n6c7ccccc7c7ccccc76)c5c5ccccc5c4cc32)cc1. The van der Waals surface area contributed by atoms with Gasteiger partial charge in [-0.05, 0) is 80.2 Å². The number of benzene rings is 7. The Bertz CT molecular complexity index is 2850. The van der Waals surface area contributed by atoms with Gasteiger partial charge in [0.15, 0.2) is 5.58 Å². The quantitative estimate of drug-likeness (QED) is 0.194. The summed E-state index contributed by atoms with van der Waals surface area (Å²) in [5, 5.41) is 12.1. The van der Waals surface area contributed by atoms with Gasteiger partial charge in [0.05, 0.1) is 22.2 Å². The van der Waals surface area contributed by atoms with Crippen LogP contribution in [0.2, 0.25) is 0 Å². The molecule has 0 atom stereocenters. The first-order valence-corrected chi connectivity index (χ1v) is 16.0. The fourth-order valence-corrected chi connectivity index (χ4v) is 7.66. The van der Waals surface area contributed by atoms with E-state index >= 15 is 0 Å². The molecule has 0 unspecified atom stereocenters. The molecule has 220 valence electrons. The maximum Gasteiger partial charge on any atom is 0.151 e. The second-order valence-corrected chi connectivity index (χ2v) is 12.1. The lowest BCUT2D eigenvalue weighted by Gasteiger charge is -2.16. The van der Waals surface area contributed by atoms with Gasteiger partial charge in [0.25, 0.3) is 0 Å². The summed E-state index contributed by atoms with van der Waals surface area (Å²) in [6.45, 7) is 0. The third-order valence-corrected chi connectivity index (χ3v) is 9.66. The topological polar surface area (TPSA) is 23.0 Å². The van der Waals surface area contributed by atoms with Crippen LogP contribution in [0.15, 0.2) is 175 Å². The highest BCUT2D eigenvalue weighted by atomic mass is 16.3. The van der Waals surface area contributed by atoms with Crippen LogP contribution >= 0.6 is 0 Å². The maximum absolute atomic E-state index is 6.21. The monoisotopic (exact) mass is 600 g/mol. The first-order valence-electron chi connectivity index (χ1n) is 16.0. The van der Waals surface area contributed by atoms with Gasteiger partial charge in [-0.2, -0.15) is 0 Å². The van der Waals surface area contributed by atoms with Crippen molar-refractivity contribution in [2.24, 2.45) is 0 Å². The van der Waals surface area contributed by atoms with E-state index in [4.69, 9.17) is 4.42 Å². The van der Waals surface area contributed by atoms with Crippen LogP contribution in [-0.2, 0) is 0 Å². The molecule has 0 aliphatic rings. The number of fused-ring (bicyclic) bond motifs is 12. The smallest absolute Gasteiger partial charge is 0.151 e. The predicted octanol–water partition coefficient (Wildman–Crippen LogP) is 12.1. The van der Waals surface area contributed by atoms with E-state index < -0.39 is 0 Å². The predicted molar refractivity (Wildman–Crippen MR) is 198 cm³/mol. The Balaban J connectivity index is 1.47. The third kappa shape index (κ3) is 3.81. The van der Waals surface area contributed by atoms with Crippen molar-refractivity contribution in [2.45, 2.75) is 0 Å². The van der Waals surface area contributed by atoms with E-state index in [1.54, 1.807) is 6.26 Å². The molecule has 3 nitrogen and oxygen atoms in total. The zero-order valence-electron chi connectivity index (χ0n) is 25.5. The van der Waals surface area contributed by atoms with Gasteiger partial charge in [-0.3, -0.25) is 0 Å². The molecule has 8 aromatic carbocycles. The van der Waals surface area contributed by atoms with E-state index in [0.29, 0.717) is 0 Å². The van der Waals surface area contributed by atoms with Crippen LogP contribution in [-0.4, -0.2) is 9.13 Å². The molecule has 10 rings (SSSR count). The summed E-state index contributed by atoms with van der Waals surface area (Å²) in [6, 6.07) is 56.9. The Morgan fingerprint density at radius 3 is 1.57 bits per heavy atom. The number of hydrogen-bond donors (Lipinski definition) is 0. The van der Waals surface area contributed by atoms with Crippen LogP contribution in [0.25, 0.3) is 87.4 Å². The highest BCUT2D eigenvalue weighted by Crippen LogP contribution is 2.41. The van der Waals surface area contributed by atoms with E-state index in [9.17, 15) is 0 Å². The summed E-state index contributed by atoms with van der Waals surface area (Å²) in [4.78, 5) is 0. The lowest BCUT2D eigenvalue weighted by Crippen LogP contribution is -1.97. The van der Waals surface area contributed by atoms with Gasteiger partial charge in [-0.15, -0.1) is 0 Å². The van der Waals surface area contributed by atoms with Crippen molar-refractivity contribution in [3.63, 3.8) is 0 Å². The largest absolute Gasteiger partial charge is 0.461 e. The summed E-state index contributed by atoms with van der Waals surface area (Å²) in [6.07, 6.45) is 3.78. The van der Waals surface area contributed by atoms with Crippen LogP contribution in [0.4, 0.5) is 0 Å². The molecule has 0 amide bonds. The van der Waals surface area contributed by atoms with Crippen molar-refractivity contribution in [3.05, 3.63) is 170 Å². The van der Waals surface area contributed by atoms with E-state index in [2.05, 4.69) is 167 Å². The number of aromatic nitrogens is 2. The third-order valence-electron chi connectivity index (χ3n) is 9.66. The lowest BCUT2D eigenvalue weighted by atomic mass is 9.93. The minimum absolute atomic E-state index is 0.835. The molecule has 0 aliphatic carbocycles. The van der Waals surface area contributed by atoms with Gasteiger partial charge in [-0.1, -0.05) is 115 Å². The van der Waals surface area contributed by atoms with Crippen molar-refractivity contribution in [3.8, 4) is 11.4 Å². The Kier molecular flexibility index (Phi) is 5.57. The summed E-state index contributed by atoms with van der Waals surface area (Å²) in [5.41, 5.74) is 6.51. The van der Waals surface area contributed by atoms with Crippen molar-refractivity contribution >= 4 is 76.0 Å². The minimum Gasteiger partial charge on any atom is -0.461 e. The molecule has 0 saturated heterocycles. The van der Waals surface area contributed by atoms with Gasteiger partial charge in [0, 0.05) is 28.0 Å². The first-order chi connectivity index (χ1) is 23.3. The number of para-hydroxylation sites is 3. The Morgan fingerprint density at radius 1 is 0.383 bits per heavy atom. The van der Waals surface area contributed by atoms with Gasteiger partial charge >= 0.3 is 0 Å². The number of hydrogen-bond acceptors (Lipinski definition) is 1. The van der Waals surface area contributed by atoms with Crippen LogP contribution in [0.3, 0.4) is 0 Å². The van der Waals surface area contributed by atoms with E-state index in [1.807, 2.05) is 6.20 Å². The van der Waals surface area contributed by atoms with Crippen LogP contribution < -0.4 is 0 Å². The Hall–Kier alpha value is -6.32. The Labute approximate surface area is 270 Å². The highest BCUT2D eigenvalue weighted by Gasteiger charge is 2.17. The van der Waals surface area contributed by atoms with Crippen LogP contribution in [0, 0.1) is 0 Å². The van der Waals surface area contributed by atoms with Crippen molar-refractivity contribution in [1.82, 2.24) is 9.13 Å². The molecule has 2 aromatic heterocycles. The molecular formula is C44H28N2O. The molecule has 0 bridgehead atoms. The molecule has 0 aliphatic heterocycles. The summed E-state index contributed by atoms with van der Waals surface area (Å²) in [7, 11) is 0. The molecule has 0 N–H and O–H groups in total. The van der Waals surface area contributed by atoms with Gasteiger partial charge in [0.2, 0.25) is 0 Å². The molecule has 2 heterocycles. The second-order valence-electron chi connectivity index (χ2n) is 12.1. The first kappa shape index (κ1) is 26.0. The molecule has 0 saturated carbocycles. The maximum atomic E-state index is 6.21. The average Bonchev–Trinajstić information content (AvgIpc) is 3.48. The van der Waals surface area contributed by atoms with Gasteiger partial charge in [-0.25, -0.2) is 0 Å². The van der Waals surface area contributed by atoms with E-state index in [-0.39, 0.29) is 0 Å². The molecule has 0 fully saturated rings. The molecule has 10 aromatic rings. The number of rotatable bonds is 2. The molecule has 0 spiro atoms.